The minimum atomic E-state index is -3.98. The van der Waals surface area contributed by atoms with Crippen molar-refractivity contribution < 1.29 is 17.5 Å². The van der Waals surface area contributed by atoms with Crippen LogP contribution in [0.5, 0.6) is 5.75 Å². The second-order valence-electron chi connectivity index (χ2n) is 4.40. The van der Waals surface area contributed by atoms with Crippen LogP contribution in [0.25, 0.3) is 0 Å². The largest absolute Gasteiger partial charge is 0.497 e. The Morgan fingerprint density at radius 2 is 2.05 bits per heavy atom. The molecule has 0 atom stereocenters. The van der Waals surface area contributed by atoms with Gasteiger partial charge in [-0.25, -0.2) is 17.8 Å². The maximum Gasteiger partial charge on any atom is 0.263 e. The molecule has 0 aliphatic rings. The summed E-state index contributed by atoms with van der Waals surface area (Å²) in [6, 6.07) is 9.42. The molecule has 5 nitrogen and oxygen atoms in total. The molecule has 0 spiro atoms. The first-order valence-electron chi connectivity index (χ1n) is 6.15. The molecule has 2 rings (SSSR count). The molecule has 0 saturated carbocycles. The van der Waals surface area contributed by atoms with E-state index in [-0.39, 0.29) is 6.54 Å². The van der Waals surface area contributed by atoms with Crippen molar-refractivity contribution in [3.05, 3.63) is 54.0 Å². The van der Waals surface area contributed by atoms with Crippen LogP contribution in [0.1, 0.15) is 5.56 Å². The first-order valence-corrected chi connectivity index (χ1v) is 7.59. The molecule has 0 bridgehead atoms. The number of halogens is 1. The summed E-state index contributed by atoms with van der Waals surface area (Å²) in [5.74, 6) is -0.239. The first-order chi connectivity index (χ1) is 9.95. The van der Waals surface area contributed by atoms with Gasteiger partial charge >= 0.3 is 0 Å². The third-order valence-electron chi connectivity index (χ3n) is 2.92. The first kappa shape index (κ1) is 15.4. The minimum absolute atomic E-state index is 0.0928. The van der Waals surface area contributed by atoms with Crippen molar-refractivity contribution in [2.75, 3.05) is 14.2 Å². The second-order valence-corrected chi connectivity index (χ2v) is 6.36. The molecule has 0 unspecified atom stereocenters. The Labute approximate surface area is 123 Å². The van der Waals surface area contributed by atoms with Crippen LogP contribution in [0.15, 0.2) is 47.6 Å². The van der Waals surface area contributed by atoms with E-state index in [2.05, 4.69) is 4.98 Å². The van der Waals surface area contributed by atoms with Crippen LogP contribution < -0.4 is 4.74 Å². The summed E-state index contributed by atoms with van der Waals surface area (Å²) in [4.78, 5) is 3.62. The third kappa shape index (κ3) is 3.37. The van der Waals surface area contributed by atoms with Crippen LogP contribution in [0, 0.1) is 5.82 Å². The lowest BCUT2D eigenvalue weighted by Crippen LogP contribution is -2.28. The zero-order valence-corrected chi connectivity index (χ0v) is 12.5. The molecule has 0 amide bonds. The molecule has 2 aromatic rings. The van der Waals surface area contributed by atoms with Gasteiger partial charge in [-0.2, -0.15) is 4.31 Å². The highest BCUT2D eigenvalue weighted by atomic mass is 32.2. The Balaban J connectivity index is 2.27. The monoisotopic (exact) mass is 310 g/mol. The highest BCUT2D eigenvalue weighted by Gasteiger charge is 2.25. The SMILES string of the molecule is COc1cccc(CN(C)S(=O)(=O)c2ncccc2F)c1. The number of rotatable bonds is 5. The molecule has 0 aliphatic heterocycles. The molecule has 0 saturated heterocycles. The van der Waals surface area contributed by atoms with Crippen LogP contribution >= 0.6 is 0 Å². The maximum atomic E-state index is 13.6. The van der Waals surface area contributed by atoms with Gasteiger partial charge in [0.2, 0.25) is 5.03 Å². The van der Waals surface area contributed by atoms with Crippen LogP contribution in [0.4, 0.5) is 4.39 Å². The summed E-state index contributed by atoms with van der Waals surface area (Å²) in [6.45, 7) is 0.0928. The van der Waals surface area contributed by atoms with Crippen LogP contribution in [0.3, 0.4) is 0 Å². The lowest BCUT2D eigenvalue weighted by atomic mass is 10.2. The van der Waals surface area contributed by atoms with Crippen molar-refractivity contribution in [2.45, 2.75) is 11.6 Å². The van der Waals surface area contributed by atoms with E-state index in [0.29, 0.717) is 5.75 Å². The van der Waals surface area contributed by atoms with Gasteiger partial charge in [0.25, 0.3) is 10.0 Å². The molecule has 0 radical (unpaired) electrons. The molecule has 1 aromatic heterocycles. The van der Waals surface area contributed by atoms with Crippen molar-refractivity contribution >= 4 is 10.0 Å². The van der Waals surface area contributed by atoms with Gasteiger partial charge < -0.3 is 4.74 Å². The number of nitrogens with zero attached hydrogens (tertiary/aromatic N) is 2. The zero-order chi connectivity index (χ0) is 15.5. The Kier molecular flexibility index (Phi) is 4.54. The Morgan fingerprint density at radius 1 is 1.29 bits per heavy atom. The maximum absolute atomic E-state index is 13.6. The second kappa shape index (κ2) is 6.19. The number of sulfonamides is 1. The predicted octanol–water partition coefficient (Wildman–Crippen LogP) is 2.05. The molecule has 21 heavy (non-hydrogen) atoms. The average Bonchev–Trinajstić information content (AvgIpc) is 2.47. The van der Waals surface area contributed by atoms with Gasteiger partial charge in [-0.15, -0.1) is 0 Å². The molecule has 0 aliphatic carbocycles. The Hall–Kier alpha value is -1.99. The summed E-state index contributed by atoms with van der Waals surface area (Å²) >= 11 is 0. The molecular weight excluding hydrogens is 295 g/mol. The van der Waals surface area contributed by atoms with Crippen molar-refractivity contribution in [3.63, 3.8) is 0 Å². The van der Waals surface area contributed by atoms with E-state index in [9.17, 15) is 12.8 Å². The summed E-state index contributed by atoms with van der Waals surface area (Å²) < 4.78 is 44.4. The van der Waals surface area contributed by atoms with Crippen molar-refractivity contribution in [2.24, 2.45) is 0 Å². The summed E-state index contributed by atoms with van der Waals surface area (Å²) in [7, 11) is -1.07. The van der Waals surface area contributed by atoms with Crippen molar-refractivity contribution in [1.29, 1.82) is 0 Å². The van der Waals surface area contributed by atoms with Crippen LogP contribution in [-0.2, 0) is 16.6 Å². The Morgan fingerprint density at radius 3 is 2.71 bits per heavy atom. The number of benzene rings is 1. The minimum Gasteiger partial charge on any atom is -0.497 e. The summed E-state index contributed by atoms with van der Waals surface area (Å²) in [5, 5.41) is -0.574. The van der Waals surface area contributed by atoms with E-state index in [0.717, 1.165) is 15.9 Å². The molecule has 0 N–H and O–H groups in total. The van der Waals surface area contributed by atoms with E-state index in [1.165, 1.54) is 26.4 Å². The van der Waals surface area contributed by atoms with Gasteiger partial charge in [-0.05, 0) is 29.8 Å². The van der Waals surface area contributed by atoms with Gasteiger partial charge in [-0.3, -0.25) is 0 Å². The third-order valence-corrected chi connectivity index (χ3v) is 4.66. The van der Waals surface area contributed by atoms with Gasteiger partial charge in [0.05, 0.1) is 7.11 Å². The zero-order valence-electron chi connectivity index (χ0n) is 11.7. The average molecular weight is 310 g/mol. The molecule has 1 aromatic carbocycles. The normalized spacial score (nSPS) is 11.6. The van der Waals surface area contributed by atoms with E-state index in [4.69, 9.17) is 4.74 Å². The van der Waals surface area contributed by atoms with Crippen LogP contribution in [0.2, 0.25) is 0 Å². The van der Waals surface area contributed by atoms with Crippen LogP contribution in [-0.4, -0.2) is 31.9 Å². The fraction of sp³-hybridized carbons (Fsp3) is 0.214. The number of aromatic nitrogens is 1. The Bertz CT molecular complexity index is 735. The number of ether oxygens (including phenoxy) is 1. The highest BCUT2D eigenvalue weighted by molar-refractivity contribution is 7.89. The fourth-order valence-corrected chi connectivity index (χ4v) is 2.94. The van der Waals surface area contributed by atoms with E-state index >= 15 is 0 Å². The molecule has 0 fully saturated rings. The van der Waals surface area contributed by atoms with E-state index in [1.807, 2.05) is 0 Å². The summed E-state index contributed by atoms with van der Waals surface area (Å²) in [6.07, 6.45) is 1.25. The molecule has 112 valence electrons. The van der Waals surface area contributed by atoms with E-state index < -0.39 is 20.9 Å². The van der Waals surface area contributed by atoms with Gasteiger partial charge in [0, 0.05) is 19.8 Å². The summed E-state index contributed by atoms with van der Waals surface area (Å²) in [5.41, 5.74) is 0.733. The molecule has 7 heteroatoms. The highest BCUT2D eigenvalue weighted by Crippen LogP contribution is 2.19. The van der Waals surface area contributed by atoms with Gasteiger partial charge in [0.1, 0.15) is 5.75 Å². The van der Waals surface area contributed by atoms with Gasteiger partial charge in [-0.1, -0.05) is 12.1 Å². The molecule has 1 heterocycles. The predicted molar refractivity (Wildman–Crippen MR) is 75.8 cm³/mol. The fourth-order valence-electron chi connectivity index (χ4n) is 1.82. The van der Waals surface area contributed by atoms with E-state index in [1.54, 1.807) is 24.3 Å². The topological polar surface area (TPSA) is 59.5 Å². The van der Waals surface area contributed by atoms with Crippen molar-refractivity contribution in [3.8, 4) is 5.75 Å². The number of hydrogen-bond donors (Lipinski definition) is 0. The van der Waals surface area contributed by atoms with Crippen molar-refractivity contribution in [1.82, 2.24) is 9.29 Å². The number of hydrogen-bond acceptors (Lipinski definition) is 4. The van der Waals surface area contributed by atoms with Gasteiger partial charge in [0.15, 0.2) is 5.82 Å². The number of pyridine rings is 1. The smallest absolute Gasteiger partial charge is 0.263 e. The molecular formula is C14H15FN2O3S. The number of methoxy groups -OCH3 is 1. The quantitative estimate of drug-likeness (QED) is 0.848. The lowest BCUT2D eigenvalue weighted by Gasteiger charge is -2.17. The lowest BCUT2D eigenvalue weighted by molar-refractivity contribution is 0.412. The standard InChI is InChI=1S/C14H15FN2O3S/c1-17(10-11-5-3-6-12(9-11)20-2)21(18,19)14-13(15)7-4-8-16-14/h3-9H,10H2,1-2H3.